The molecule has 0 radical (unpaired) electrons. The van der Waals surface area contributed by atoms with Crippen molar-refractivity contribution in [1.29, 1.82) is 0 Å². The van der Waals surface area contributed by atoms with E-state index < -0.39 is 11.5 Å². The van der Waals surface area contributed by atoms with Crippen molar-refractivity contribution in [3.05, 3.63) is 34.3 Å². The summed E-state index contributed by atoms with van der Waals surface area (Å²) in [7, 11) is 0. The number of carbonyl (C=O) groups is 1. The summed E-state index contributed by atoms with van der Waals surface area (Å²) < 4.78 is 0. The average molecular weight is 269 g/mol. The molecule has 1 aliphatic rings. The standard InChI is InChI=1S/C13H17ClN2O2/c1-9-6-11(14)3-2-10(9)7-16-5-4-13(15,8-16)12(17)18/h2-3,6H,4-5,7-8,15H2,1H3,(H,17,18). The minimum absolute atomic E-state index is 0.393. The van der Waals surface area contributed by atoms with Crippen LogP contribution in [-0.4, -0.2) is 34.6 Å². The summed E-state index contributed by atoms with van der Waals surface area (Å²) >= 11 is 5.91. The van der Waals surface area contributed by atoms with Crippen LogP contribution in [0.1, 0.15) is 17.5 Å². The Bertz CT molecular complexity index is 478. The summed E-state index contributed by atoms with van der Waals surface area (Å²) in [5.41, 5.74) is 7.03. The minimum atomic E-state index is -1.10. The zero-order valence-corrected chi connectivity index (χ0v) is 11.1. The number of halogens is 1. The Morgan fingerprint density at radius 1 is 1.61 bits per heavy atom. The van der Waals surface area contributed by atoms with Gasteiger partial charge in [-0.25, -0.2) is 0 Å². The van der Waals surface area contributed by atoms with Crippen LogP contribution in [0.2, 0.25) is 5.02 Å². The van der Waals surface area contributed by atoms with E-state index in [9.17, 15) is 4.79 Å². The number of nitrogens with zero attached hydrogens (tertiary/aromatic N) is 1. The van der Waals surface area contributed by atoms with Crippen LogP contribution < -0.4 is 5.73 Å². The molecular weight excluding hydrogens is 252 g/mol. The van der Waals surface area contributed by atoms with E-state index in [4.69, 9.17) is 22.4 Å². The second-order valence-corrected chi connectivity index (χ2v) is 5.43. The Morgan fingerprint density at radius 2 is 2.33 bits per heavy atom. The largest absolute Gasteiger partial charge is 0.480 e. The number of carboxylic acids is 1. The Balaban J connectivity index is 2.06. The lowest BCUT2D eigenvalue weighted by Gasteiger charge is -2.20. The van der Waals surface area contributed by atoms with Gasteiger partial charge in [-0.2, -0.15) is 0 Å². The lowest BCUT2D eigenvalue weighted by atomic mass is 10.0. The van der Waals surface area contributed by atoms with Crippen molar-refractivity contribution >= 4 is 17.6 Å². The maximum Gasteiger partial charge on any atom is 0.325 e. The summed E-state index contributed by atoms with van der Waals surface area (Å²) in [6, 6.07) is 5.75. The van der Waals surface area contributed by atoms with Crippen LogP contribution in [0.3, 0.4) is 0 Å². The Hall–Kier alpha value is -1.10. The molecule has 1 saturated heterocycles. The maximum atomic E-state index is 11.1. The van der Waals surface area contributed by atoms with Crippen LogP contribution in [0.15, 0.2) is 18.2 Å². The van der Waals surface area contributed by atoms with E-state index in [-0.39, 0.29) is 0 Å². The molecule has 0 bridgehead atoms. The number of benzene rings is 1. The third kappa shape index (κ3) is 2.66. The van der Waals surface area contributed by atoms with Gasteiger partial charge in [-0.1, -0.05) is 17.7 Å². The van der Waals surface area contributed by atoms with E-state index in [0.29, 0.717) is 19.5 Å². The molecule has 1 fully saturated rings. The monoisotopic (exact) mass is 268 g/mol. The average Bonchev–Trinajstić information content (AvgIpc) is 2.66. The molecule has 1 unspecified atom stereocenters. The summed E-state index contributed by atoms with van der Waals surface area (Å²) in [5, 5.41) is 9.80. The van der Waals surface area contributed by atoms with Gasteiger partial charge < -0.3 is 10.8 Å². The predicted octanol–water partition coefficient (Wildman–Crippen LogP) is 1.64. The number of aliphatic carboxylic acids is 1. The van der Waals surface area contributed by atoms with Gasteiger partial charge in [0.15, 0.2) is 0 Å². The number of nitrogens with two attached hydrogens (primary N) is 1. The fourth-order valence-electron chi connectivity index (χ4n) is 2.30. The highest BCUT2D eigenvalue weighted by Crippen LogP contribution is 2.23. The molecule has 0 saturated carbocycles. The number of hydrogen-bond acceptors (Lipinski definition) is 3. The lowest BCUT2D eigenvalue weighted by Crippen LogP contribution is -2.50. The molecule has 3 N–H and O–H groups in total. The van der Waals surface area contributed by atoms with E-state index in [1.54, 1.807) is 0 Å². The normalized spacial score (nSPS) is 24.4. The topological polar surface area (TPSA) is 66.6 Å². The lowest BCUT2D eigenvalue weighted by molar-refractivity contribution is -0.142. The van der Waals surface area contributed by atoms with Crippen LogP contribution in [0, 0.1) is 6.92 Å². The van der Waals surface area contributed by atoms with E-state index in [0.717, 1.165) is 22.7 Å². The third-order valence-corrected chi connectivity index (χ3v) is 3.74. The van der Waals surface area contributed by atoms with E-state index in [2.05, 4.69) is 4.90 Å². The summed E-state index contributed by atoms with van der Waals surface area (Å²) in [6.07, 6.45) is 0.495. The number of carboxylic acid groups (broad SMARTS) is 1. The zero-order valence-electron chi connectivity index (χ0n) is 10.3. The van der Waals surface area contributed by atoms with Crippen molar-refractivity contribution in [2.24, 2.45) is 5.73 Å². The first-order chi connectivity index (χ1) is 8.40. The van der Waals surface area contributed by atoms with Gasteiger partial charge in [0.2, 0.25) is 0 Å². The van der Waals surface area contributed by atoms with Gasteiger partial charge in [-0.15, -0.1) is 0 Å². The minimum Gasteiger partial charge on any atom is -0.480 e. The molecule has 2 rings (SSSR count). The SMILES string of the molecule is Cc1cc(Cl)ccc1CN1CCC(N)(C(=O)O)C1. The molecule has 4 nitrogen and oxygen atoms in total. The van der Waals surface area contributed by atoms with Crippen molar-refractivity contribution in [3.63, 3.8) is 0 Å². The first kappa shape index (κ1) is 13.3. The third-order valence-electron chi connectivity index (χ3n) is 3.50. The van der Waals surface area contributed by atoms with Gasteiger partial charge >= 0.3 is 5.97 Å². The van der Waals surface area contributed by atoms with Crippen molar-refractivity contribution in [2.75, 3.05) is 13.1 Å². The summed E-state index contributed by atoms with van der Waals surface area (Å²) in [5.74, 6) is -0.919. The molecule has 5 heteroatoms. The van der Waals surface area contributed by atoms with E-state index >= 15 is 0 Å². The molecule has 0 amide bonds. The van der Waals surface area contributed by atoms with Gasteiger partial charge in [-0.05, 0) is 36.6 Å². The molecule has 1 aromatic rings. The fraction of sp³-hybridized carbons (Fsp3) is 0.462. The van der Waals surface area contributed by atoms with Crippen LogP contribution in [0.25, 0.3) is 0 Å². The molecule has 0 spiro atoms. The molecule has 1 atom stereocenters. The van der Waals surface area contributed by atoms with Gasteiger partial charge in [0.1, 0.15) is 5.54 Å². The van der Waals surface area contributed by atoms with Crippen LogP contribution in [0.5, 0.6) is 0 Å². The van der Waals surface area contributed by atoms with Gasteiger partial charge in [0.25, 0.3) is 0 Å². The van der Waals surface area contributed by atoms with E-state index in [1.165, 1.54) is 0 Å². The van der Waals surface area contributed by atoms with E-state index in [1.807, 2.05) is 25.1 Å². The Morgan fingerprint density at radius 3 is 2.89 bits per heavy atom. The molecule has 0 aromatic heterocycles. The molecule has 98 valence electrons. The first-order valence-electron chi connectivity index (χ1n) is 5.90. The molecule has 18 heavy (non-hydrogen) atoms. The number of likely N-dealkylation sites (tertiary alicyclic amines) is 1. The number of rotatable bonds is 3. The van der Waals surface area contributed by atoms with Gasteiger partial charge in [-0.3, -0.25) is 9.69 Å². The quantitative estimate of drug-likeness (QED) is 0.875. The van der Waals surface area contributed by atoms with Crippen molar-refractivity contribution < 1.29 is 9.90 Å². The summed E-state index contributed by atoms with van der Waals surface area (Å²) in [6.45, 7) is 3.83. The highest BCUT2D eigenvalue weighted by Gasteiger charge is 2.41. The van der Waals surface area contributed by atoms with Crippen molar-refractivity contribution in [2.45, 2.75) is 25.4 Å². The highest BCUT2D eigenvalue weighted by molar-refractivity contribution is 6.30. The second kappa shape index (κ2) is 4.88. The molecular formula is C13H17ClN2O2. The Kier molecular flexibility index (Phi) is 3.61. The summed E-state index contributed by atoms with van der Waals surface area (Å²) in [4.78, 5) is 13.1. The second-order valence-electron chi connectivity index (χ2n) is 4.99. The van der Waals surface area contributed by atoms with Crippen molar-refractivity contribution in [1.82, 2.24) is 4.90 Å². The smallest absolute Gasteiger partial charge is 0.325 e. The maximum absolute atomic E-state index is 11.1. The molecule has 1 aliphatic heterocycles. The fourth-order valence-corrected chi connectivity index (χ4v) is 2.53. The zero-order chi connectivity index (χ0) is 13.3. The highest BCUT2D eigenvalue weighted by atomic mass is 35.5. The first-order valence-corrected chi connectivity index (χ1v) is 6.28. The van der Waals surface area contributed by atoms with Crippen LogP contribution in [0.4, 0.5) is 0 Å². The predicted molar refractivity (Wildman–Crippen MR) is 70.6 cm³/mol. The molecule has 0 aliphatic carbocycles. The Labute approximate surface area is 111 Å². The molecule has 1 heterocycles. The van der Waals surface area contributed by atoms with Crippen LogP contribution >= 0.6 is 11.6 Å². The number of aryl methyl sites for hydroxylation is 1. The number of hydrogen-bond donors (Lipinski definition) is 2. The molecule has 1 aromatic carbocycles. The van der Waals surface area contributed by atoms with Gasteiger partial charge in [0.05, 0.1) is 0 Å². The van der Waals surface area contributed by atoms with Crippen molar-refractivity contribution in [3.8, 4) is 0 Å². The van der Waals surface area contributed by atoms with Gasteiger partial charge in [0, 0.05) is 24.7 Å². The van der Waals surface area contributed by atoms with Crippen LogP contribution in [-0.2, 0) is 11.3 Å².